The molecule has 1 aromatic heterocycles. The van der Waals surface area contributed by atoms with E-state index in [2.05, 4.69) is 11.9 Å². The van der Waals surface area contributed by atoms with Crippen molar-refractivity contribution in [2.24, 2.45) is 0 Å². The average Bonchev–Trinajstić information content (AvgIpc) is 2.46. The highest BCUT2D eigenvalue weighted by molar-refractivity contribution is 5.18. The second kappa shape index (κ2) is 7.29. The summed E-state index contributed by atoms with van der Waals surface area (Å²) in [6.45, 7) is 7.89. The third-order valence-corrected chi connectivity index (χ3v) is 3.59. The van der Waals surface area contributed by atoms with Crippen LogP contribution in [0.5, 0.6) is 5.75 Å². The number of rotatable bonds is 6. The van der Waals surface area contributed by atoms with Crippen LogP contribution in [0.25, 0.3) is 0 Å². The molecule has 0 aliphatic carbocycles. The molecule has 4 nitrogen and oxygen atoms in total. The molecule has 20 heavy (non-hydrogen) atoms. The second-order valence-corrected chi connectivity index (χ2v) is 5.55. The number of hydrogen-bond donors (Lipinski definition) is 1. The van der Waals surface area contributed by atoms with Crippen LogP contribution >= 0.6 is 0 Å². The van der Waals surface area contributed by atoms with Gasteiger partial charge in [0.2, 0.25) is 0 Å². The lowest BCUT2D eigenvalue weighted by Gasteiger charge is -2.23. The van der Waals surface area contributed by atoms with Crippen molar-refractivity contribution < 1.29 is 4.74 Å². The van der Waals surface area contributed by atoms with Crippen LogP contribution in [0.3, 0.4) is 0 Å². The van der Waals surface area contributed by atoms with Crippen molar-refractivity contribution in [1.29, 1.82) is 0 Å². The first-order valence-corrected chi connectivity index (χ1v) is 7.37. The Hall–Kier alpha value is -1.55. The van der Waals surface area contributed by atoms with Gasteiger partial charge in [-0.15, -0.1) is 0 Å². The Bertz CT molecular complexity index is 501. The Morgan fingerprint density at radius 1 is 1.55 bits per heavy atom. The van der Waals surface area contributed by atoms with Crippen LogP contribution in [-0.4, -0.2) is 23.8 Å². The summed E-state index contributed by atoms with van der Waals surface area (Å²) in [5, 5.41) is 3.51. The molecule has 0 bridgehead atoms. The molecular formula is C16H24N2O2. The quantitative estimate of drug-likeness (QED) is 0.811. The number of hydrogen-bond acceptors (Lipinski definition) is 3. The van der Waals surface area contributed by atoms with E-state index in [1.165, 1.54) is 19.3 Å². The van der Waals surface area contributed by atoms with E-state index in [1.807, 2.05) is 19.2 Å². The smallest absolute Gasteiger partial charge is 0.292 e. The van der Waals surface area contributed by atoms with Crippen molar-refractivity contribution in [3.8, 4) is 5.75 Å². The van der Waals surface area contributed by atoms with Gasteiger partial charge in [0, 0.05) is 18.8 Å². The summed E-state index contributed by atoms with van der Waals surface area (Å²) in [7, 11) is 0. The van der Waals surface area contributed by atoms with Crippen molar-refractivity contribution >= 4 is 0 Å². The van der Waals surface area contributed by atoms with Gasteiger partial charge in [-0.05, 0) is 50.4 Å². The molecule has 1 aliphatic rings. The molecular weight excluding hydrogens is 252 g/mol. The molecule has 1 fully saturated rings. The summed E-state index contributed by atoms with van der Waals surface area (Å²) in [5.41, 5.74) is 0.857. The maximum absolute atomic E-state index is 12.2. The highest BCUT2D eigenvalue weighted by atomic mass is 16.5. The Morgan fingerprint density at radius 3 is 3.10 bits per heavy atom. The molecule has 0 aromatic carbocycles. The van der Waals surface area contributed by atoms with Crippen LogP contribution < -0.4 is 15.6 Å². The molecule has 1 unspecified atom stereocenters. The molecule has 110 valence electrons. The van der Waals surface area contributed by atoms with Crippen molar-refractivity contribution in [2.75, 3.05) is 13.2 Å². The first kappa shape index (κ1) is 14.9. The fraction of sp³-hybridized carbons (Fsp3) is 0.562. The average molecular weight is 276 g/mol. The molecule has 1 N–H and O–H groups in total. The molecule has 0 amide bonds. The first-order valence-electron chi connectivity index (χ1n) is 7.37. The topological polar surface area (TPSA) is 43.3 Å². The normalized spacial score (nSPS) is 18.8. The van der Waals surface area contributed by atoms with Crippen molar-refractivity contribution in [3.05, 3.63) is 40.8 Å². The molecule has 0 saturated carbocycles. The van der Waals surface area contributed by atoms with Gasteiger partial charge >= 0.3 is 0 Å². The number of pyridine rings is 1. The molecule has 2 heterocycles. The van der Waals surface area contributed by atoms with Crippen LogP contribution in [0.1, 0.15) is 32.6 Å². The van der Waals surface area contributed by atoms with Crippen molar-refractivity contribution in [2.45, 2.75) is 45.2 Å². The van der Waals surface area contributed by atoms with Crippen LogP contribution in [0.15, 0.2) is 35.3 Å². The maximum Gasteiger partial charge on any atom is 0.292 e. The lowest BCUT2D eigenvalue weighted by Crippen LogP contribution is -2.35. The first-order chi connectivity index (χ1) is 9.66. The Balaban J connectivity index is 1.95. The lowest BCUT2D eigenvalue weighted by molar-refractivity contribution is 0.338. The summed E-state index contributed by atoms with van der Waals surface area (Å²) in [6, 6.07) is 4.13. The number of nitrogens with one attached hydrogen (secondary N) is 1. The van der Waals surface area contributed by atoms with Crippen LogP contribution in [0.4, 0.5) is 0 Å². The molecule has 1 saturated heterocycles. The van der Waals surface area contributed by atoms with E-state index in [9.17, 15) is 4.79 Å². The summed E-state index contributed by atoms with van der Waals surface area (Å²) in [6.07, 6.45) is 6.58. The summed E-state index contributed by atoms with van der Waals surface area (Å²) in [5.74, 6) is 0.409. The van der Waals surface area contributed by atoms with E-state index < -0.39 is 0 Å². The highest BCUT2D eigenvalue weighted by Gasteiger charge is 2.13. The van der Waals surface area contributed by atoms with Gasteiger partial charge in [-0.25, -0.2) is 0 Å². The fourth-order valence-corrected chi connectivity index (χ4v) is 2.47. The van der Waals surface area contributed by atoms with E-state index in [0.717, 1.165) is 25.1 Å². The van der Waals surface area contributed by atoms with Gasteiger partial charge in [0.1, 0.15) is 6.61 Å². The van der Waals surface area contributed by atoms with Crippen LogP contribution in [-0.2, 0) is 6.54 Å². The molecule has 2 rings (SSSR count). The molecule has 1 atom stereocenters. The standard InChI is InChI=1S/C16H24N2O2/c1-13(2)12-20-15-7-5-10-18(16(15)19)11-8-14-6-3-4-9-17-14/h5,7,10,14,17H,1,3-4,6,8-9,11-12H2,2H3. The predicted molar refractivity (Wildman–Crippen MR) is 81.3 cm³/mol. The molecule has 1 aliphatic heterocycles. The van der Waals surface area contributed by atoms with Gasteiger partial charge in [-0.2, -0.15) is 0 Å². The van der Waals surface area contributed by atoms with Gasteiger partial charge in [0.05, 0.1) is 0 Å². The Kier molecular flexibility index (Phi) is 5.41. The predicted octanol–water partition coefficient (Wildman–Crippen LogP) is 2.34. The highest BCUT2D eigenvalue weighted by Crippen LogP contribution is 2.11. The molecule has 0 spiro atoms. The summed E-state index contributed by atoms with van der Waals surface area (Å²) < 4.78 is 7.22. The fourth-order valence-electron chi connectivity index (χ4n) is 2.47. The number of aryl methyl sites for hydroxylation is 1. The summed E-state index contributed by atoms with van der Waals surface area (Å²) >= 11 is 0. The van der Waals surface area contributed by atoms with Crippen molar-refractivity contribution in [1.82, 2.24) is 9.88 Å². The largest absolute Gasteiger partial charge is 0.484 e. The third-order valence-electron chi connectivity index (χ3n) is 3.59. The Morgan fingerprint density at radius 2 is 2.40 bits per heavy atom. The second-order valence-electron chi connectivity index (χ2n) is 5.55. The minimum atomic E-state index is -0.0513. The van der Waals surface area contributed by atoms with E-state index >= 15 is 0 Å². The van der Waals surface area contributed by atoms with E-state index in [-0.39, 0.29) is 5.56 Å². The summed E-state index contributed by atoms with van der Waals surface area (Å²) in [4.78, 5) is 12.2. The number of ether oxygens (including phenoxy) is 1. The SMILES string of the molecule is C=C(C)COc1cccn(CCC2CCCCN2)c1=O. The van der Waals surface area contributed by atoms with E-state index in [0.29, 0.717) is 18.4 Å². The van der Waals surface area contributed by atoms with Crippen LogP contribution in [0, 0.1) is 0 Å². The monoisotopic (exact) mass is 276 g/mol. The number of piperidine rings is 1. The van der Waals surface area contributed by atoms with Gasteiger partial charge in [-0.3, -0.25) is 4.79 Å². The third kappa shape index (κ3) is 4.23. The van der Waals surface area contributed by atoms with E-state index in [4.69, 9.17) is 4.74 Å². The lowest BCUT2D eigenvalue weighted by atomic mass is 10.0. The zero-order chi connectivity index (χ0) is 14.4. The van der Waals surface area contributed by atoms with Gasteiger partial charge < -0.3 is 14.6 Å². The van der Waals surface area contributed by atoms with Gasteiger partial charge in [0.25, 0.3) is 5.56 Å². The maximum atomic E-state index is 12.2. The minimum absolute atomic E-state index is 0.0513. The Labute approximate surface area is 120 Å². The number of aromatic nitrogens is 1. The van der Waals surface area contributed by atoms with Gasteiger partial charge in [-0.1, -0.05) is 13.0 Å². The zero-order valence-corrected chi connectivity index (χ0v) is 12.2. The number of nitrogens with zero attached hydrogens (tertiary/aromatic N) is 1. The molecule has 4 heteroatoms. The zero-order valence-electron chi connectivity index (χ0n) is 12.2. The van der Waals surface area contributed by atoms with Gasteiger partial charge in [0.15, 0.2) is 5.75 Å². The minimum Gasteiger partial charge on any atom is -0.484 e. The van der Waals surface area contributed by atoms with E-state index in [1.54, 1.807) is 10.6 Å². The molecule has 1 aromatic rings. The van der Waals surface area contributed by atoms with Crippen molar-refractivity contribution in [3.63, 3.8) is 0 Å². The molecule has 0 radical (unpaired) electrons. The van der Waals surface area contributed by atoms with Crippen LogP contribution in [0.2, 0.25) is 0 Å².